The number of hydrogen-bond acceptors (Lipinski definition) is 4. The number of sulfonamides is 1. The number of aromatic nitrogens is 2. The van der Waals surface area contributed by atoms with E-state index in [1.807, 2.05) is 13.8 Å². The molecule has 0 unspecified atom stereocenters. The van der Waals surface area contributed by atoms with Crippen molar-refractivity contribution in [2.24, 2.45) is 0 Å². The number of rotatable bonds is 10. The molecular weight excluding hydrogens is 395 g/mol. The van der Waals surface area contributed by atoms with Crippen LogP contribution in [0.2, 0.25) is 0 Å². The van der Waals surface area contributed by atoms with Crippen LogP contribution in [-0.4, -0.2) is 41.5 Å². The fourth-order valence-electron chi connectivity index (χ4n) is 3.22. The van der Waals surface area contributed by atoms with Gasteiger partial charge in [-0.05, 0) is 32.8 Å². The summed E-state index contributed by atoms with van der Waals surface area (Å²) in [5.41, 5.74) is 1.16. The number of hydrogen-bond donors (Lipinski definition) is 1. The van der Waals surface area contributed by atoms with Crippen LogP contribution in [0.1, 0.15) is 43.6 Å². The van der Waals surface area contributed by atoms with Gasteiger partial charge in [0.2, 0.25) is 15.9 Å². The first-order valence-electron chi connectivity index (χ1n) is 9.76. The molecule has 1 amide bonds. The fraction of sp³-hybridized carbons (Fsp3) is 0.500. The molecule has 0 atom stereocenters. The van der Waals surface area contributed by atoms with Gasteiger partial charge in [0.05, 0.1) is 11.4 Å². The summed E-state index contributed by atoms with van der Waals surface area (Å²) in [5, 5.41) is 6.91. The largest absolute Gasteiger partial charge is 0.350 e. The standard InChI is InChI=1S/C20H29FN4O3S/c1-5-11-24(12-6-2)29(27,28)20-15(3)23-25(16(20)4)14-19(26)22-13-17-9-7-8-10-18(17)21/h7-10H,5-6,11-14H2,1-4H3,(H,22,26). The van der Waals surface area contributed by atoms with E-state index in [9.17, 15) is 17.6 Å². The second-order valence-corrected chi connectivity index (χ2v) is 8.80. The molecule has 0 bridgehead atoms. The van der Waals surface area contributed by atoms with Crippen LogP contribution >= 0.6 is 0 Å². The van der Waals surface area contributed by atoms with E-state index in [2.05, 4.69) is 10.4 Å². The Balaban J connectivity index is 2.18. The van der Waals surface area contributed by atoms with E-state index in [1.54, 1.807) is 32.0 Å². The molecule has 0 aliphatic heterocycles. The van der Waals surface area contributed by atoms with E-state index in [-0.39, 0.29) is 29.7 Å². The SMILES string of the molecule is CCCN(CCC)S(=O)(=O)c1c(C)nn(CC(=O)NCc2ccccc2F)c1C. The van der Waals surface area contributed by atoms with E-state index < -0.39 is 10.0 Å². The van der Waals surface area contributed by atoms with E-state index in [4.69, 9.17) is 0 Å². The van der Waals surface area contributed by atoms with Crippen molar-refractivity contribution >= 4 is 15.9 Å². The average Bonchev–Trinajstić information content (AvgIpc) is 2.94. The highest BCUT2D eigenvalue weighted by Crippen LogP contribution is 2.24. The first kappa shape index (κ1) is 23.0. The zero-order chi connectivity index (χ0) is 21.6. The normalized spacial score (nSPS) is 11.8. The third kappa shape index (κ3) is 5.42. The number of aryl methyl sites for hydroxylation is 1. The van der Waals surface area contributed by atoms with Gasteiger partial charge in [-0.3, -0.25) is 9.48 Å². The van der Waals surface area contributed by atoms with Gasteiger partial charge in [-0.1, -0.05) is 32.0 Å². The predicted octanol–water partition coefficient (Wildman–Crippen LogP) is 2.77. The van der Waals surface area contributed by atoms with Crippen LogP contribution in [0.5, 0.6) is 0 Å². The van der Waals surface area contributed by atoms with E-state index in [0.29, 0.717) is 42.9 Å². The summed E-state index contributed by atoms with van der Waals surface area (Å²) in [6, 6.07) is 6.21. The van der Waals surface area contributed by atoms with Gasteiger partial charge in [0.25, 0.3) is 0 Å². The Hall–Kier alpha value is -2.26. The van der Waals surface area contributed by atoms with Crippen molar-refractivity contribution in [3.63, 3.8) is 0 Å². The van der Waals surface area contributed by atoms with Crippen molar-refractivity contribution in [1.82, 2.24) is 19.4 Å². The summed E-state index contributed by atoms with van der Waals surface area (Å²) in [5.74, 6) is -0.763. The van der Waals surface area contributed by atoms with Crippen molar-refractivity contribution in [1.29, 1.82) is 0 Å². The molecule has 0 saturated heterocycles. The second-order valence-electron chi connectivity index (χ2n) is 6.93. The van der Waals surface area contributed by atoms with Gasteiger partial charge < -0.3 is 5.32 Å². The molecule has 0 saturated carbocycles. The maximum atomic E-state index is 13.7. The van der Waals surface area contributed by atoms with Gasteiger partial charge in [-0.15, -0.1) is 0 Å². The quantitative estimate of drug-likeness (QED) is 0.636. The zero-order valence-corrected chi connectivity index (χ0v) is 18.2. The lowest BCUT2D eigenvalue weighted by molar-refractivity contribution is -0.122. The monoisotopic (exact) mass is 424 g/mol. The molecule has 9 heteroatoms. The lowest BCUT2D eigenvalue weighted by Gasteiger charge is -2.21. The molecule has 1 N–H and O–H groups in total. The van der Waals surface area contributed by atoms with Gasteiger partial charge in [-0.25, -0.2) is 12.8 Å². The van der Waals surface area contributed by atoms with Crippen LogP contribution < -0.4 is 5.32 Å². The summed E-state index contributed by atoms with van der Waals surface area (Å²) in [4.78, 5) is 12.5. The fourth-order valence-corrected chi connectivity index (χ4v) is 5.21. The van der Waals surface area contributed by atoms with Crippen molar-refractivity contribution in [3.05, 3.63) is 47.0 Å². The molecule has 0 aliphatic carbocycles. The Morgan fingerprint density at radius 3 is 2.38 bits per heavy atom. The van der Waals surface area contributed by atoms with Gasteiger partial charge in [-0.2, -0.15) is 9.40 Å². The van der Waals surface area contributed by atoms with Crippen LogP contribution in [0, 0.1) is 19.7 Å². The number of carbonyl (C=O) groups is 1. The third-order valence-corrected chi connectivity index (χ3v) is 6.74. The highest BCUT2D eigenvalue weighted by Gasteiger charge is 2.30. The summed E-state index contributed by atoms with van der Waals surface area (Å²) >= 11 is 0. The maximum absolute atomic E-state index is 13.7. The predicted molar refractivity (Wildman–Crippen MR) is 109 cm³/mol. The Bertz CT molecular complexity index is 951. The van der Waals surface area contributed by atoms with Gasteiger partial charge in [0.1, 0.15) is 17.3 Å². The minimum Gasteiger partial charge on any atom is -0.350 e. The van der Waals surface area contributed by atoms with E-state index >= 15 is 0 Å². The Morgan fingerprint density at radius 2 is 1.79 bits per heavy atom. The number of nitrogens with zero attached hydrogens (tertiary/aromatic N) is 3. The minimum absolute atomic E-state index is 0.0523. The first-order valence-corrected chi connectivity index (χ1v) is 11.2. The molecular formula is C20H29FN4O3S. The summed E-state index contributed by atoms with van der Waals surface area (Å²) in [7, 11) is -3.69. The smallest absolute Gasteiger partial charge is 0.246 e. The zero-order valence-electron chi connectivity index (χ0n) is 17.4. The van der Waals surface area contributed by atoms with E-state index in [1.165, 1.54) is 15.1 Å². The number of nitrogens with one attached hydrogen (secondary N) is 1. The Morgan fingerprint density at radius 1 is 1.17 bits per heavy atom. The molecule has 0 radical (unpaired) electrons. The molecule has 160 valence electrons. The number of halogens is 1. The maximum Gasteiger partial charge on any atom is 0.246 e. The molecule has 1 aromatic carbocycles. The molecule has 2 rings (SSSR count). The molecule has 1 aromatic heterocycles. The Kier molecular flexibility index (Phi) is 7.92. The molecule has 0 spiro atoms. The second kappa shape index (κ2) is 9.98. The first-order chi connectivity index (χ1) is 13.7. The topological polar surface area (TPSA) is 84.3 Å². The molecule has 0 aliphatic rings. The van der Waals surface area contributed by atoms with Crippen molar-refractivity contribution in [2.45, 2.75) is 58.5 Å². The summed E-state index contributed by atoms with van der Waals surface area (Å²) < 4.78 is 42.8. The van der Waals surface area contributed by atoms with Crippen LogP contribution in [0.25, 0.3) is 0 Å². The van der Waals surface area contributed by atoms with E-state index in [0.717, 1.165) is 0 Å². The van der Waals surface area contributed by atoms with Crippen LogP contribution in [0.15, 0.2) is 29.2 Å². The van der Waals surface area contributed by atoms with Crippen LogP contribution in [0.3, 0.4) is 0 Å². The van der Waals surface area contributed by atoms with Gasteiger partial charge >= 0.3 is 0 Å². The molecule has 29 heavy (non-hydrogen) atoms. The molecule has 2 aromatic rings. The Labute approximate surface area is 172 Å². The molecule has 0 fully saturated rings. The molecule has 7 nitrogen and oxygen atoms in total. The van der Waals surface area contributed by atoms with Gasteiger partial charge in [0.15, 0.2) is 0 Å². The van der Waals surface area contributed by atoms with Crippen molar-refractivity contribution < 1.29 is 17.6 Å². The highest BCUT2D eigenvalue weighted by molar-refractivity contribution is 7.89. The summed E-state index contributed by atoms with van der Waals surface area (Å²) in [6.45, 7) is 7.92. The molecule has 1 heterocycles. The van der Waals surface area contributed by atoms with Gasteiger partial charge in [0, 0.05) is 25.2 Å². The lowest BCUT2D eigenvalue weighted by atomic mass is 10.2. The average molecular weight is 425 g/mol. The highest BCUT2D eigenvalue weighted by atomic mass is 32.2. The van der Waals surface area contributed by atoms with Crippen LogP contribution in [0.4, 0.5) is 4.39 Å². The lowest BCUT2D eigenvalue weighted by Crippen LogP contribution is -2.33. The minimum atomic E-state index is -3.69. The summed E-state index contributed by atoms with van der Waals surface area (Å²) in [6.07, 6.45) is 1.42. The number of amides is 1. The van der Waals surface area contributed by atoms with Crippen LogP contribution in [-0.2, 0) is 27.9 Å². The number of carbonyl (C=O) groups excluding carboxylic acids is 1. The third-order valence-electron chi connectivity index (χ3n) is 4.59. The van der Waals surface area contributed by atoms with Crippen molar-refractivity contribution in [3.8, 4) is 0 Å². The number of benzene rings is 1. The van der Waals surface area contributed by atoms with Crippen molar-refractivity contribution in [2.75, 3.05) is 13.1 Å².